The van der Waals surface area contributed by atoms with E-state index in [2.05, 4.69) is 5.32 Å². The molecular weight excluding hydrogens is 236 g/mol. The highest BCUT2D eigenvalue weighted by Gasteiger charge is 2.05. The van der Waals surface area contributed by atoms with Crippen LogP contribution in [0.3, 0.4) is 0 Å². The van der Waals surface area contributed by atoms with Crippen molar-refractivity contribution in [3.05, 3.63) is 40.6 Å². The van der Waals surface area contributed by atoms with Gasteiger partial charge in [0.2, 0.25) is 0 Å². The Kier molecular flexibility index (Phi) is 3.30. The van der Waals surface area contributed by atoms with Crippen LogP contribution in [-0.2, 0) is 0 Å². The summed E-state index contributed by atoms with van der Waals surface area (Å²) in [5.74, 6) is 0.777. The van der Waals surface area contributed by atoms with Crippen LogP contribution in [0.25, 0.3) is 0 Å². The summed E-state index contributed by atoms with van der Waals surface area (Å²) >= 11 is 1.49. The van der Waals surface area contributed by atoms with Crippen LogP contribution in [0.15, 0.2) is 35.7 Å². The van der Waals surface area contributed by atoms with Crippen LogP contribution in [0.1, 0.15) is 4.88 Å². The molecule has 0 atom stereocenters. The monoisotopic (exact) mass is 248 g/mol. The first-order chi connectivity index (χ1) is 8.20. The van der Waals surface area contributed by atoms with E-state index >= 15 is 0 Å². The van der Waals surface area contributed by atoms with E-state index in [-0.39, 0.29) is 5.75 Å². The first-order valence-electron chi connectivity index (χ1n) is 4.97. The number of nitrogens with one attached hydrogen (secondary N) is 2. The molecule has 4 nitrogen and oxygen atoms in total. The number of phenolic OH excluding ortho intramolecular Hbond substituents is 1. The molecule has 0 saturated carbocycles. The molecule has 17 heavy (non-hydrogen) atoms. The number of hydrogen-bond acceptors (Lipinski definition) is 4. The van der Waals surface area contributed by atoms with Crippen molar-refractivity contribution in [1.82, 2.24) is 0 Å². The molecule has 88 valence electrons. The minimum Gasteiger partial charge on any atom is -0.504 e. The fourth-order valence-electron chi connectivity index (χ4n) is 1.39. The second-order valence-corrected chi connectivity index (χ2v) is 4.31. The normalized spacial score (nSPS) is 9.94. The van der Waals surface area contributed by atoms with Gasteiger partial charge in [0.05, 0.1) is 12.0 Å². The molecule has 2 aromatic rings. The molecule has 0 fully saturated rings. The maximum absolute atomic E-state index is 9.60. The molecule has 2 rings (SSSR count). The van der Waals surface area contributed by atoms with Crippen LogP contribution in [0.4, 0.5) is 5.69 Å². The van der Waals surface area contributed by atoms with Crippen LogP contribution in [0, 0.1) is 5.41 Å². The van der Waals surface area contributed by atoms with E-state index < -0.39 is 0 Å². The molecular formula is C12H12N2O2S. The van der Waals surface area contributed by atoms with Crippen molar-refractivity contribution >= 4 is 22.9 Å². The van der Waals surface area contributed by atoms with Gasteiger partial charge in [0.1, 0.15) is 5.84 Å². The van der Waals surface area contributed by atoms with Gasteiger partial charge in [0, 0.05) is 11.8 Å². The van der Waals surface area contributed by atoms with E-state index in [1.165, 1.54) is 24.5 Å². The lowest BCUT2D eigenvalue weighted by Crippen LogP contribution is -2.09. The summed E-state index contributed by atoms with van der Waals surface area (Å²) in [6, 6.07) is 8.69. The molecule has 0 spiro atoms. The largest absolute Gasteiger partial charge is 0.504 e. The topological polar surface area (TPSA) is 65.3 Å². The molecule has 0 aliphatic heterocycles. The fraction of sp³-hybridized carbons (Fsp3) is 0.0833. The SMILES string of the molecule is COc1ccc(NC(=N)c2cccs2)cc1O. The Hall–Kier alpha value is -2.01. The molecule has 0 aliphatic carbocycles. The Morgan fingerprint density at radius 2 is 2.24 bits per heavy atom. The average Bonchev–Trinajstić information content (AvgIpc) is 2.82. The highest BCUT2D eigenvalue weighted by molar-refractivity contribution is 7.12. The average molecular weight is 248 g/mol. The quantitative estimate of drug-likeness (QED) is 0.578. The van der Waals surface area contributed by atoms with E-state index in [0.29, 0.717) is 17.3 Å². The number of hydrogen-bond donors (Lipinski definition) is 3. The molecule has 1 heterocycles. The lowest BCUT2D eigenvalue weighted by molar-refractivity contribution is 0.373. The van der Waals surface area contributed by atoms with Crippen molar-refractivity contribution in [2.24, 2.45) is 0 Å². The van der Waals surface area contributed by atoms with Gasteiger partial charge in [-0.05, 0) is 23.6 Å². The van der Waals surface area contributed by atoms with Gasteiger partial charge in [0.25, 0.3) is 0 Å². The van der Waals surface area contributed by atoms with Gasteiger partial charge in [-0.1, -0.05) is 6.07 Å². The minimum absolute atomic E-state index is 0.0523. The molecule has 0 unspecified atom stereocenters. The van der Waals surface area contributed by atoms with Gasteiger partial charge in [-0.15, -0.1) is 11.3 Å². The summed E-state index contributed by atoms with van der Waals surface area (Å²) in [5.41, 5.74) is 0.654. The molecule has 1 aromatic heterocycles. The molecule has 0 bridgehead atoms. The summed E-state index contributed by atoms with van der Waals surface area (Å²) in [5, 5.41) is 22.3. The zero-order valence-electron chi connectivity index (χ0n) is 9.23. The number of thiophene rings is 1. The molecule has 3 N–H and O–H groups in total. The number of amidine groups is 1. The molecule has 5 heteroatoms. The van der Waals surface area contributed by atoms with Crippen LogP contribution >= 0.6 is 11.3 Å². The lowest BCUT2D eigenvalue weighted by Gasteiger charge is -2.08. The third-order valence-electron chi connectivity index (χ3n) is 2.22. The van der Waals surface area contributed by atoms with Gasteiger partial charge in [-0.3, -0.25) is 5.41 Å². The van der Waals surface area contributed by atoms with Crippen LogP contribution in [0.2, 0.25) is 0 Å². The number of methoxy groups -OCH3 is 1. The predicted octanol–water partition coefficient (Wildman–Crippen LogP) is 2.90. The fourth-order valence-corrected chi connectivity index (χ4v) is 2.02. The van der Waals surface area contributed by atoms with Crippen LogP contribution in [0.5, 0.6) is 11.5 Å². The lowest BCUT2D eigenvalue weighted by atomic mass is 10.2. The third-order valence-corrected chi connectivity index (χ3v) is 3.10. The second-order valence-electron chi connectivity index (χ2n) is 3.36. The van der Waals surface area contributed by atoms with Gasteiger partial charge in [-0.2, -0.15) is 0 Å². The van der Waals surface area contributed by atoms with Crippen molar-refractivity contribution in [2.75, 3.05) is 12.4 Å². The third kappa shape index (κ3) is 2.57. The number of aromatic hydroxyl groups is 1. The molecule has 0 saturated heterocycles. The van der Waals surface area contributed by atoms with Crippen molar-refractivity contribution in [1.29, 1.82) is 5.41 Å². The maximum atomic E-state index is 9.60. The van der Waals surface area contributed by atoms with Crippen molar-refractivity contribution in [3.63, 3.8) is 0 Å². The van der Waals surface area contributed by atoms with Gasteiger partial charge in [-0.25, -0.2) is 0 Å². The van der Waals surface area contributed by atoms with Gasteiger partial charge >= 0.3 is 0 Å². The Labute approximate surface area is 103 Å². The maximum Gasteiger partial charge on any atom is 0.160 e. The zero-order chi connectivity index (χ0) is 12.3. The Bertz CT molecular complexity index is 523. The summed E-state index contributed by atoms with van der Waals surface area (Å²) in [7, 11) is 1.50. The van der Waals surface area contributed by atoms with Gasteiger partial charge in [0.15, 0.2) is 11.5 Å². The van der Waals surface area contributed by atoms with Crippen LogP contribution < -0.4 is 10.1 Å². The van der Waals surface area contributed by atoms with E-state index in [1.54, 1.807) is 12.1 Å². The summed E-state index contributed by atoms with van der Waals surface area (Å²) in [6.45, 7) is 0. The second kappa shape index (κ2) is 4.88. The molecule has 1 aromatic carbocycles. The highest BCUT2D eigenvalue weighted by atomic mass is 32.1. The Morgan fingerprint density at radius 1 is 1.41 bits per heavy atom. The zero-order valence-corrected chi connectivity index (χ0v) is 10.0. The number of anilines is 1. The van der Waals surface area contributed by atoms with E-state index in [0.717, 1.165) is 4.88 Å². The standard InChI is InChI=1S/C12H12N2O2S/c1-16-10-5-4-8(7-9(10)15)14-12(13)11-3-2-6-17-11/h2-7,15H,1H3,(H2,13,14). The summed E-state index contributed by atoms with van der Waals surface area (Å²) < 4.78 is 4.95. The first kappa shape index (κ1) is 11.5. The number of phenols is 1. The predicted molar refractivity (Wildman–Crippen MR) is 69.4 cm³/mol. The molecule has 0 amide bonds. The van der Waals surface area contributed by atoms with Crippen molar-refractivity contribution in [2.45, 2.75) is 0 Å². The number of ether oxygens (including phenoxy) is 1. The van der Waals surface area contributed by atoms with Gasteiger partial charge < -0.3 is 15.2 Å². The van der Waals surface area contributed by atoms with Crippen LogP contribution in [-0.4, -0.2) is 18.1 Å². The number of benzene rings is 1. The molecule has 0 aliphatic rings. The highest BCUT2D eigenvalue weighted by Crippen LogP contribution is 2.28. The smallest absolute Gasteiger partial charge is 0.160 e. The van der Waals surface area contributed by atoms with E-state index in [4.69, 9.17) is 10.1 Å². The van der Waals surface area contributed by atoms with E-state index in [9.17, 15) is 5.11 Å². The minimum atomic E-state index is 0.0523. The Morgan fingerprint density at radius 3 is 2.82 bits per heavy atom. The summed E-state index contributed by atoms with van der Waals surface area (Å²) in [6.07, 6.45) is 0. The summed E-state index contributed by atoms with van der Waals surface area (Å²) in [4.78, 5) is 0.848. The first-order valence-corrected chi connectivity index (χ1v) is 5.85. The number of rotatable bonds is 3. The van der Waals surface area contributed by atoms with E-state index in [1.807, 2.05) is 17.5 Å². The van der Waals surface area contributed by atoms with Crippen molar-refractivity contribution in [3.8, 4) is 11.5 Å². The van der Waals surface area contributed by atoms with Crippen molar-refractivity contribution < 1.29 is 9.84 Å². The Balaban J connectivity index is 2.14. The molecule has 0 radical (unpaired) electrons.